The molecule has 13 heavy (non-hydrogen) atoms. The zero-order chi connectivity index (χ0) is 9.84. The van der Waals surface area contributed by atoms with Gasteiger partial charge in [-0.1, -0.05) is 0 Å². The van der Waals surface area contributed by atoms with Gasteiger partial charge in [0.05, 0.1) is 6.10 Å². The van der Waals surface area contributed by atoms with Gasteiger partial charge >= 0.3 is 0 Å². The Bertz CT molecular complexity index is 257. The number of hydrogen-bond acceptors (Lipinski definition) is 3. The maximum atomic E-state index is 9.11. The van der Waals surface area contributed by atoms with Gasteiger partial charge in [0, 0.05) is 17.5 Å². The van der Waals surface area contributed by atoms with Crippen molar-refractivity contribution in [2.75, 3.05) is 6.54 Å². The number of aliphatic hydroxyl groups is 1. The maximum absolute atomic E-state index is 9.11. The minimum absolute atomic E-state index is 0.275. The first-order chi connectivity index (χ1) is 6.11. The number of thiophene rings is 1. The average Bonchev–Trinajstić information content (AvgIpc) is 2.47. The minimum atomic E-state index is -0.275. The van der Waals surface area contributed by atoms with Gasteiger partial charge in [0.1, 0.15) is 0 Å². The quantitative estimate of drug-likeness (QED) is 0.778. The molecule has 1 aromatic rings. The molecule has 0 saturated carbocycles. The Morgan fingerprint density at radius 3 is 2.69 bits per heavy atom. The second kappa shape index (κ2) is 4.74. The zero-order valence-corrected chi connectivity index (χ0v) is 9.19. The number of hydrogen-bond donors (Lipinski definition) is 2. The SMILES string of the molecule is Cc1ccsc1C(C)NCC(C)O. The van der Waals surface area contributed by atoms with Crippen LogP contribution in [0.2, 0.25) is 0 Å². The van der Waals surface area contributed by atoms with Crippen molar-refractivity contribution in [2.45, 2.75) is 32.9 Å². The van der Waals surface area contributed by atoms with Gasteiger partial charge in [0.15, 0.2) is 0 Å². The number of nitrogens with one attached hydrogen (secondary N) is 1. The van der Waals surface area contributed by atoms with E-state index in [4.69, 9.17) is 5.11 Å². The number of aliphatic hydroxyl groups excluding tert-OH is 1. The Hall–Kier alpha value is -0.380. The van der Waals surface area contributed by atoms with Crippen LogP contribution in [0.4, 0.5) is 0 Å². The molecule has 1 aromatic heterocycles. The lowest BCUT2D eigenvalue weighted by Gasteiger charge is -2.14. The monoisotopic (exact) mass is 199 g/mol. The molecule has 2 atom stereocenters. The summed E-state index contributed by atoms with van der Waals surface area (Å²) in [6, 6.07) is 2.47. The molecule has 0 spiro atoms. The van der Waals surface area contributed by atoms with Crippen molar-refractivity contribution in [2.24, 2.45) is 0 Å². The van der Waals surface area contributed by atoms with Crippen LogP contribution in [0.3, 0.4) is 0 Å². The Morgan fingerprint density at radius 2 is 2.23 bits per heavy atom. The molecule has 3 heteroatoms. The van der Waals surface area contributed by atoms with Crippen molar-refractivity contribution in [3.05, 3.63) is 21.9 Å². The Balaban J connectivity index is 2.49. The molecule has 0 bridgehead atoms. The summed E-state index contributed by atoms with van der Waals surface area (Å²) in [4.78, 5) is 1.36. The van der Waals surface area contributed by atoms with E-state index in [9.17, 15) is 0 Å². The van der Waals surface area contributed by atoms with Crippen LogP contribution in [0.25, 0.3) is 0 Å². The molecule has 0 fully saturated rings. The van der Waals surface area contributed by atoms with E-state index in [1.165, 1.54) is 10.4 Å². The topological polar surface area (TPSA) is 32.3 Å². The molecule has 0 aliphatic heterocycles. The smallest absolute Gasteiger partial charge is 0.0636 e. The van der Waals surface area contributed by atoms with E-state index in [0.29, 0.717) is 12.6 Å². The molecule has 2 unspecified atom stereocenters. The van der Waals surface area contributed by atoms with Gasteiger partial charge in [-0.3, -0.25) is 0 Å². The van der Waals surface area contributed by atoms with Gasteiger partial charge in [0.2, 0.25) is 0 Å². The molecule has 74 valence electrons. The third-order valence-electron chi connectivity index (χ3n) is 2.01. The summed E-state index contributed by atoms with van der Waals surface area (Å²) >= 11 is 1.77. The first kappa shape index (κ1) is 10.7. The van der Waals surface area contributed by atoms with Crippen LogP contribution in [0.5, 0.6) is 0 Å². The van der Waals surface area contributed by atoms with Crippen molar-refractivity contribution in [3.8, 4) is 0 Å². The van der Waals surface area contributed by atoms with E-state index in [0.717, 1.165) is 0 Å². The Kier molecular flexibility index (Phi) is 3.90. The predicted molar refractivity (Wildman–Crippen MR) is 57.2 cm³/mol. The van der Waals surface area contributed by atoms with Crippen LogP contribution in [0, 0.1) is 6.92 Å². The van der Waals surface area contributed by atoms with E-state index < -0.39 is 0 Å². The van der Waals surface area contributed by atoms with E-state index in [1.807, 2.05) is 0 Å². The molecule has 2 nitrogen and oxygen atoms in total. The van der Waals surface area contributed by atoms with Gasteiger partial charge in [0.25, 0.3) is 0 Å². The minimum Gasteiger partial charge on any atom is -0.392 e. The zero-order valence-electron chi connectivity index (χ0n) is 8.37. The normalized spacial score (nSPS) is 15.7. The second-order valence-corrected chi connectivity index (χ2v) is 4.39. The predicted octanol–water partition coefficient (Wildman–Crippen LogP) is 2.09. The molecule has 0 aromatic carbocycles. The molecule has 1 rings (SSSR count). The fourth-order valence-electron chi connectivity index (χ4n) is 1.27. The van der Waals surface area contributed by atoms with Gasteiger partial charge in [-0.25, -0.2) is 0 Å². The summed E-state index contributed by atoms with van der Waals surface area (Å²) in [6.45, 7) is 6.69. The highest BCUT2D eigenvalue weighted by atomic mass is 32.1. The fourth-order valence-corrected chi connectivity index (χ4v) is 2.23. The highest BCUT2D eigenvalue weighted by molar-refractivity contribution is 7.10. The molecule has 2 N–H and O–H groups in total. The Labute approximate surface area is 83.6 Å². The van der Waals surface area contributed by atoms with Gasteiger partial charge in [-0.15, -0.1) is 11.3 Å². The molecule has 0 radical (unpaired) electrons. The first-order valence-electron chi connectivity index (χ1n) is 4.56. The van der Waals surface area contributed by atoms with Crippen molar-refractivity contribution in [1.82, 2.24) is 5.32 Å². The summed E-state index contributed by atoms with van der Waals surface area (Å²) in [5.74, 6) is 0. The van der Waals surface area contributed by atoms with E-state index >= 15 is 0 Å². The summed E-state index contributed by atoms with van der Waals surface area (Å²) in [5, 5.41) is 14.5. The molecule has 0 saturated heterocycles. The summed E-state index contributed by atoms with van der Waals surface area (Å²) in [5.41, 5.74) is 1.33. The van der Waals surface area contributed by atoms with Gasteiger partial charge in [-0.2, -0.15) is 0 Å². The molecular formula is C10H17NOS. The molecule has 1 heterocycles. The maximum Gasteiger partial charge on any atom is 0.0636 e. The average molecular weight is 199 g/mol. The van der Waals surface area contributed by atoms with Crippen molar-refractivity contribution >= 4 is 11.3 Å². The molecule has 0 aliphatic carbocycles. The van der Waals surface area contributed by atoms with E-state index in [-0.39, 0.29) is 6.10 Å². The molecular weight excluding hydrogens is 182 g/mol. The van der Waals surface area contributed by atoms with Crippen LogP contribution >= 0.6 is 11.3 Å². The van der Waals surface area contributed by atoms with Crippen molar-refractivity contribution in [1.29, 1.82) is 0 Å². The lowest BCUT2D eigenvalue weighted by atomic mass is 10.2. The lowest BCUT2D eigenvalue weighted by molar-refractivity contribution is 0.187. The summed E-state index contributed by atoms with van der Waals surface area (Å²) < 4.78 is 0. The highest BCUT2D eigenvalue weighted by Crippen LogP contribution is 2.23. The van der Waals surface area contributed by atoms with Gasteiger partial charge in [-0.05, 0) is 37.8 Å². The molecule has 0 aliphatic rings. The van der Waals surface area contributed by atoms with E-state index in [2.05, 4.69) is 30.6 Å². The van der Waals surface area contributed by atoms with Crippen LogP contribution < -0.4 is 5.32 Å². The number of rotatable bonds is 4. The summed E-state index contributed by atoms with van der Waals surface area (Å²) in [6.07, 6.45) is -0.275. The molecule has 0 amide bonds. The standard InChI is InChI=1S/C10H17NOS/c1-7-4-5-13-10(7)9(3)11-6-8(2)12/h4-5,8-9,11-12H,6H2,1-3H3. The van der Waals surface area contributed by atoms with E-state index in [1.54, 1.807) is 18.3 Å². The van der Waals surface area contributed by atoms with Crippen LogP contribution in [-0.4, -0.2) is 17.8 Å². The highest BCUT2D eigenvalue weighted by Gasteiger charge is 2.09. The van der Waals surface area contributed by atoms with Crippen LogP contribution in [-0.2, 0) is 0 Å². The van der Waals surface area contributed by atoms with Crippen molar-refractivity contribution in [3.63, 3.8) is 0 Å². The second-order valence-electron chi connectivity index (χ2n) is 3.45. The Morgan fingerprint density at radius 1 is 1.54 bits per heavy atom. The van der Waals surface area contributed by atoms with Crippen molar-refractivity contribution < 1.29 is 5.11 Å². The van der Waals surface area contributed by atoms with Crippen LogP contribution in [0.1, 0.15) is 30.3 Å². The largest absolute Gasteiger partial charge is 0.392 e. The third kappa shape index (κ3) is 3.10. The van der Waals surface area contributed by atoms with Crippen LogP contribution in [0.15, 0.2) is 11.4 Å². The first-order valence-corrected chi connectivity index (χ1v) is 5.44. The fraction of sp³-hybridized carbons (Fsp3) is 0.600. The third-order valence-corrected chi connectivity index (χ3v) is 3.22. The lowest BCUT2D eigenvalue weighted by Crippen LogP contribution is -2.26. The van der Waals surface area contributed by atoms with Gasteiger partial charge < -0.3 is 10.4 Å². The summed E-state index contributed by atoms with van der Waals surface area (Å²) in [7, 11) is 0. The number of aryl methyl sites for hydroxylation is 1.